The number of aliphatic hydroxyl groups is 3. The van der Waals surface area contributed by atoms with Gasteiger partial charge in [-0.25, -0.2) is 19.6 Å². The number of carbonyl (C=O) groups is 2. The molecule has 0 radical (unpaired) electrons. The van der Waals surface area contributed by atoms with Gasteiger partial charge in [0.1, 0.15) is 69.9 Å². The highest BCUT2D eigenvalue weighted by molar-refractivity contribution is 6.78. The Morgan fingerprint density at radius 1 is 0.733 bits per heavy atom. The second kappa shape index (κ2) is 23.5. The first-order chi connectivity index (χ1) is 39.4. The van der Waals surface area contributed by atoms with Crippen molar-refractivity contribution in [2.24, 2.45) is 0 Å². The van der Waals surface area contributed by atoms with Gasteiger partial charge in [0.25, 0.3) is 0 Å². The fraction of sp³-hybridized carbons (Fsp3) is 0.672. The minimum absolute atomic E-state index is 0.222. The van der Waals surface area contributed by atoms with Gasteiger partial charge < -0.3 is 75.9 Å². The number of anilines is 3. The third-order valence-corrected chi connectivity index (χ3v) is 22.0. The predicted octanol–water partition coefficient (Wildman–Crippen LogP) is 9.36. The van der Waals surface area contributed by atoms with Crippen molar-refractivity contribution in [3.8, 4) is 6.07 Å². The normalized spacial score (nSPS) is 30.2. The van der Waals surface area contributed by atoms with E-state index in [-0.39, 0.29) is 36.6 Å². The fourth-order valence-corrected chi connectivity index (χ4v) is 12.3. The van der Waals surface area contributed by atoms with Crippen molar-refractivity contribution in [2.75, 3.05) is 23.8 Å². The molecule has 5 aliphatic rings. The largest absolute Gasteiger partial charge is 0.444 e. The van der Waals surface area contributed by atoms with Gasteiger partial charge in [-0.05, 0) is 114 Å². The van der Waals surface area contributed by atoms with E-state index >= 15 is 0 Å². The maximum absolute atomic E-state index is 13.4. The number of hydrogen-bond donors (Lipinski definition) is 10. The molecule has 25 heteroatoms. The number of aromatic amines is 3. The maximum atomic E-state index is 13.4. The van der Waals surface area contributed by atoms with Crippen LogP contribution >= 0.6 is 0 Å². The van der Waals surface area contributed by atoms with Crippen LogP contribution in [0.15, 0.2) is 37.2 Å². The molecule has 0 aromatic carbocycles. The number of aliphatic hydroxyl groups excluding tert-OH is 2. The number of carbonyl (C=O) groups excluding carboxylic acids is 2. The summed E-state index contributed by atoms with van der Waals surface area (Å²) in [5.41, 5.74) is 19.8. The number of likely N-dealkylation sites (tertiary alicyclic amines) is 2. The number of ether oxygens (including phenoxy) is 6. The molecule has 0 bridgehead atoms. The number of rotatable bonds is 6. The lowest BCUT2D eigenvalue weighted by Gasteiger charge is -2.37. The van der Waals surface area contributed by atoms with Crippen LogP contribution in [0.3, 0.4) is 0 Å². The standard InChI is InChI=1S/C21H31N5O4.C20H30N4O4.C13H18N4O3.C7H18Si/c1-8-12-16-21(7,30-20(5,6)28-16)15(26(12)18(27)29-19(2,3)4)11-9-23-14-13(11)24-10-25-17(14)22;1-8-13-16-20(7,28-19(5,6)26-16)15(11-10-23-12(9-21)14(11)22)24(13)17(25)27-18(2,3)4;1-13(20)11(17-8(5-18)12(13)19)6-4-16-10-7(14)2-3-15-9(6)10;1-7(2,3)8(4,5)6/h9-10,12,15-16,23H,8H2,1-7H3,(H2,22,24,25);10,13,15-16,23H,8,22H2,1-7H3;2-4,8,11-12,16-20H,5H2,1H3,(H2,14,15);1-6H3/t12-,15+,16-,21+;13-,15+,16-,20+;8-,11+,12-,13+;/m111./s1. The number of nitrogens with two attached hydrogens (primary N) is 3. The topological polar surface area (TPSA) is 357 Å². The molecule has 24 nitrogen and oxygen atoms in total. The van der Waals surface area contributed by atoms with Crippen molar-refractivity contribution < 1.29 is 53.3 Å². The van der Waals surface area contributed by atoms with Gasteiger partial charge >= 0.3 is 12.2 Å². The zero-order chi connectivity index (χ0) is 64.6. The highest BCUT2D eigenvalue weighted by atomic mass is 28.3. The van der Waals surface area contributed by atoms with Crippen LogP contribution in [-0.2, 0) is 28.4 Å². The SMILES string of the molecule is CC(C)(C)[Si](C)(C)C.CC[C@@H]1[C@H]2OC(C)(C)O[C@@]2(C)[C@H](c2c[nH]c(C#N)c2N)N1C(=O)OC(C)(C)C.CC[C@@H]1[C@H]2OC(C)(C)O[C@@]2(C)[C@H](c2c[nH]c3c(N)ncnc23)N1C(=O)OC(C)(C)C.C[C@@]1(O)[C@H](O)[C@@H](CO)N[C@H]1c1c[nH]c2c(N)ccnc12. The third kappa shape index (κ3) is 12.8. The number of nitrogens with one attached hydrogen (secondary N) is 4. The van der Waals surface area contributed by atoms with Gasteiger partial charge in [0.2, 0.25) is 0 Å². The summed E-state index contributed by atoms with van der Waals surface area (Å²) in [5, 5.41) is 42.8. The summed E-state index contributed by atoms with van der Waals surface area (Å²) in [7, 11) is -0.859. The Morgan fingerprint density at radius 2 is 1.19 bits per heavy atom. The van der Waals surface area contributed by atoms with E-state index in [0.29, 0.717) is 68.3 Å². The Hall–Kier alpha value is -6.08. The molecule has 12 atom stereocenters. The number of aromatic nitrogens is 6. The molecule has 476 valence electrons. The molecule has 0 aliphatic carbocycles. The van der Waals surface area contributed by atoms with E-state index in [1.165, 1.54) is 13.3 Å². The molecule has 5 aliphatic heterocycles. The van der Waals surface area contributed by atoms with Crippen LogP contribution in [-0.4, -0.2) is 158 Å². The molecular formula is C61H97N13O11Si. The minimum atomic E-state index is -1.41. The maximum Gasteiger partial charge on any atom is 0.411 e. The number of pyridine rings is 1. The summed E-state index contributed by atoms with van der Waals surface area (Å²) >= 11 is 0. The monoisotopic (exact) mass is 1220 g/mol. The van der Waals surface area contributed by atoms with Gasteiger partial charge in [0.15, 0.2) is 17.4 Å². The second-order valence-electron chi connectivity index (χ2n) is 28.8. The molecule has 0 spiro atoms. The first-order valence-corrected chi connectivity index (χ1v) is 33.2. The van der Waals surface area contributed by atoms with E-state index in [0.717, 1.165) is 5.56 Å². The molecule has 0 unspecified atom stereocenters. The summed E-state index contributed by atoms with van der Waals surface area (Å²) in [4.78, 5) is 51.9. The Morgan fingerprint density at radius 3 is 1.62 bits per heavy atom. The molecule has 10 rings (SSSR count). The van der Waals surface area contributed by atoms with Crippen LogP contribution in [0.5, 0.6) is 0 Å². The average molecular weight is 1220 g/mol. The van der Waals surface area contributed by atoms with Crippen LogP contribution in [0.1, 0.15) is 178 Å². The molecule has 13 N–H and O–H groups in total. The number of H-pyrrole nitrogens is 3. The zero-order valence-electron chi connectivity index (χ0n) is 54.3. The highest BCUT2D eigenvalue weighted by Crippen LogP contribution is 2.58. The Balaban J connectivity index is 0.000000176. The summed E-state index contributed by atoms with van der Waals surface area (Å²) in [5.74, 6) is -1.22. The molecule has 86 heavy (non-hydrogen) atoms. The number of fused-ring (bicyclic) bond motifs is 4. The van der Waals surface area contributed by atoms with E-state index in [4.69, 9.17) is 45.6 Å². The van der Waals surface area contributed by atoms with Crippen molar-refractivity contribution in [2.45, 2.75) is 256 Å². The molecule has 2 amide bonds. The van der Waals surface area contributed by atoms with E-state index < -0.39 is 90.1 Å². The Labute approximate surface area is 506 Å². The number of nitriles is 1. The van der Waals surface area contributed by atoms with Crippen LogP contribution < -0.4 is 22.5 Å². The van der Waals surface area contributed by atoms with E-state index in [9.17, 15) is 30.2 Å². The first kappa shape index (κ1) is 67.4. The van der Waals surface area contributed by atoms with Crippen LogP contribution in [0.25, 0.3) is 22.1 Å². The molecule has 5 fully saturated rings. The Kier molecular flexibility index (Phi) is 18.4. The minimum Gasteiger partial charge on any atom is -0.444 e. The fourth-order valence-electron chi connectivity index (χ4n) is 12.3. The summed E-state index contributed by atoms with van der Waals surface area (Å²) in [6, 6.07) is 1.09. The number of hydrogen-bond acceptors (Lipinski definition) is 19. The van der Waals surface area contributed by atoms with Crippen molar-refractivity contribution in [1.29, 1.82) is 5.26 Å². The van der Waals surface area contributed by atoms with Gasteiger partial charge in [-0.2, -0.15) is 5.26 Å². The van der Waals surface area contributed by atoms with Crippen molar-refractivity contribution in [3.63, 3.8) is 0 Å². The van der Waals surface area contributed by atoms with E-state index in [1.807, 2.05) is 109 Å². The molecule has 5 aromatic heterocycles. The van der Waals surface area contributed by atoms with Crippen molar-refractivity contribution in [1.82, 2.24) is 45.0 Å². The van der Waals surface area contributed by atoms with Crippen molar-refractivity contribution in [3.05, 3.63) is 59.6 Å². The first-order valence-electron chi connectivity index (χ1n) is 29.7. The van der Waals surface area contributed by atoms with Gasteiger partial charge in [-0.3, -0.25) is 20.1 Å². The lowest BCUT2D eigenvalue weighted by Crippen LogP contribution is -2.45. The van der Waals surface area contributed by atoms with Gasteiger partial charge in [0.05, 0.1) is 70.8 Å². The lowest BCUT2D eigenvalue weighted by molar-refractivity contribution is -0.183. The van der Waals surface area contributed by atoms with Gasteiger partial charge in [-0.15, -0.1) is 0 Å². The Bertz CT molecular complexity index is 3280. The average Bonchev–Trinajstić information content (AvgIpc) is 1.57. The van der Waals surface area contributed by atoms with Gasteiger partial charge in [0, 0.05) is 49.6 Å². The molecule has 5 saturated heterocycles. The van der Waals surface area contributed by atoms with E-state index in [2.05, 4.69) is 75.6 Å². The molecular weight excluding hydrogens is 1120 g/mol. The highest BCUT2D eigenvalue weighted by Gasteiger charge is 2.69. The molecule has 10 heterocycles. The smallest absolute Gasteiger partial charge is 0.411 e. The summed E-state index contributed by atoms with van der Waals surface area (Å²) in [6.07, 6.45) is 6.98. The molecule has 5 aromatic rings. The van der Waals surface area contributed by atoms with Crippen LogP contribution in [0.2, 0.25) is 24.7 Å². The van der Waals surface area contributed by atoms with Crippen molar-refractivity contribution >= 4 is 59.5 Å². The second-order valence-corrected chi connectivity index (χ2v) is 34.8. The lowest BCUT2D eigenvalue weighted by atomic mass is 9.88. The number of nitrogens with zero attached hydrogens (tertiary/aromatic N) is 6. The van der Waals surface area contributed by atoms with E-state index in [1.54, 1.807) is 34.5 Å². The number of amides is 2. The summed E-state index contributed by atoms with van der Waals surface area (Å²) < 4.78 is 36.8. The number of nitrogen functional groups attached to an aromatic ring is 3. The molecule has 0 saturated carbocycles. The predicted molar refractivity (Wildman–Crippen MR) is 332 cm³/mol. The summed E-state index contributed by atoms with van der Waals surface area (Å²) in [6.45, 7) is 42.0. The third-order valence-electron chi connectivity index (χ3n) is 17.5. The quantitative estimate of drug-likeness (QED) is 0.0707. The van der Waals surface area contributed by atoms with Crippen LogP contribution in [0, 0.1) is 11.3 Å². The van der Waals surface area contributed by atoms with Gasteiger partial charge in [-0.1, -0.05) is 54.3 Å². The zero-order valence-corrected chi connectivity index (χ0v) is 55.3. The van der Waals surface area contributed by atoms with Crippen LogP contribution in [0.4, 0.5) is 26.8 Å².